The van der Waals surface area contributed by atoms with Crippen LogP contribution in [0.5, 0.6) is 0 Å². The fourth-order valence-electron chi connectivity index (χ4n) is 1.07. The highest BCUT2D eigenvalue weighted by molar-refractivity contribution is 5.85. The summed E-state index contributed by atoms with van der Waals surface area (Å²) in [5, 5.41) is 2.42. The van der Waals surface area contributed by atoms with Crippen molar-refractivity contribution in [3.8, 4) is 0 Å². The Morgan fingerprint density at radius 2 is 1.63 bits per heavy atom. The molecule has 0 rings (SSSR count). The first-order valence-corrected chi connectivity index (χ1v) is 6.08. The Bertz CT molecular complexity index is 318. The summed E-state index contributed by atoms with van der Waals surface area (Å²) < 4.78 is 10.5. The van der Waals surface area contributed by atoms with Crippen molar-refractivity contribution in [1.29, 1.82) is 0 Å². The second-order valence-electron chi connectivity index (χ2n) is 6.13. The molecule has 0 heterocycles. The predicted octanol–water partition coefficient (Wildman–Crippen LogP) is 0.685. The normalized spacial score (nSPS) is 13.6. The van der Waals surface area contributed by atoms with Gasteiger partial charge in [-0.3, -0.25) is 10.2 Å². The molecule has 7 heteroatoms. The summed E-state index contributed by atoms with van der Waals surface area (Å²) >= 11 is 0. The lowest BCUT2D eigenvalue weighted by molar-refractivity contribution is -0.126. The van der Waals surface area contributed by atoms with Gasteiger partial charge in [0.15, 0.2) is 0 Å². The highest BCUT2D eigenvalue weighted by atomic mass is 16.6. The van der Waals surface area contributed by atoms with Gasteiger partial charge in [-0.05, 0) is 41.5 Å². The van der Waals surface area contributed by atoms with Gasteiger partial charge in [0.05, 0.1) is 12.2 Å². The smallest absolute Gasteiger partial charge is 0.408 e. The molecule has 2 amide bonds. The van der Waals surface area contributed by atoms with Crippen LogP contribution in [0, 0.1) is 0 Å². The monoisotopic (exact) mass is 275 g/mol. The number of alkyl carbamates (subject to hydrolysis) is 1. The first-order valence-electron chi connectivity index (χ1n) is 6.08. The van der Waals surface area contributed by atoms with E-state index >= 15 is 0 Å². The molecule has 0 saturated carbocycles. The van der Waals surface area contributed by atoms with E-state index in [0.717, 1.165) is 0 Å². The van der Waals surface area contributed by atoms with Crippen LogP contribution >= 0.6 is 0 Å². The van der Waals surface area contributed by atoms with Crippen molar-refractivity contribution >= 4 is 12.0 Å². The third-order valence-electron chi connectivity index (χ3n) is 1.83. The van der Waals surface area contributed by atoms with E-state index in [4.69, 9.17) is 15.3 Å². The largest absolute Gasteiger partial charge is 0.444 e. The zero-order valence-electron chi connectivity index (χ0n) is 12.5. The number of rotatable bonds is 4. The second-order valence-corrected chi connectivity index (χ2v) is 6.13. The van der Waals surface area contributed by atoms with Crippen molar-refractivity contribution in [3.05, 3.63) is 0 Å². The number of hydrogen-bond donors (Lipinski definition) is 3. The van der Waals surface area contributed by atoms with E-state index in [1.54, 1.807) is 20.8 Å². The quantitative estimate of drug-likeness (QED) is 0.398. The lowest BCUT2D eigenvalue weighted by Gasteiger charge is -2.25. The molecule has 0 aromatic carbocycles. The van der Waals surface area contributed by atoms with Crippen LogP contribution in [0.2, 0.25) is 0 Å². The van der Waals surface area contributed by atoms with Crippen molar-refractivity contribution < 1.29 is 19.1 Å². The third kappa shape index (κ3) is 9.26. The highest BCUT2D eigenvalue weighted by Crippen LogP contribution is 2.09. The van der Waals surface area contributed by atoms with Gasteiger partial charge in [-0.15, -0.1) is 0 Å². The Morgan fingerprint density at radius 1 is 1.11 bits per heavy atom. The lowest BCUT2D eigenvalue weighted by Crippen LogP contribution is -2.53. The maximum atomic E-state index is 11.6. The number of ether oxygens (including phenoxy) is 2. The fraction of sp³-hybridized carbons (Fsp3) is 0.833. The summed E-state index contributed by atoms with van der Waals surface area (Å²) in [6.07, 6.45) is -0.696. The number of nitrogens with two attached hydrogens (primary N) is 1. The zero-order valence-corrected chi connectivity index (χ0v) is 12.5. The topological polar surface area (TPSA) is 103 Å². The zero-order chi connectivity index (χ0) is 15.3. The van der Waals surface area contributed by atoms with E-state index in [2.05, 4.69) is 5.32 Å². The van der Waals surface area contributed by atoms with Gasteiger partial charge in [0, 0.05) is 0 Å². The molecule has 0 aliphatic heterocycles. The first-order chi connectivity index (χ1) is 8.44. The van der Waals surface area contributed by atoms with Crippen LogP contribution in [0.3, 0.4) is 0 Å². The van der Waals surface area contributed by atoms with Gasteiger partial charge in [-0.1, -0.05) is 0 Å². The maximum absolute atomic E-state index is 11.6. The van der Waals surface area contributed by atoms with Crippen molar-refractivity contribution in [1.82, 2.24) is 10.7 Å². The molecule has 112 valence electrons. The maximum Gasteiger partial charge on any atom is 0.408 e. The van der Waals surface area contributed by atoms with Crippen LogP contribution in [0.1, 0.15) is 41.5 Å². The summed E-state index contributed by atoms with van der Waals surface area (Å²) in [6.45, 7) is 10.7. The summed E-state index contributed by atoms with van der Waals surface area (Å²) in [6, 6.07) is -0.904. The Hall–Kier alpha value is -1.34. The van der Waals surface area contributed by atoms with Gasteiger partial charge in [-0.2, -0.15) is 0 Å². The molecule has 0 aliphatic rings. The molecule has 0 unspecified atom stereocenters. The molecular formula is C12H25N3O4. The average molecular weight is 275 g/mol. The van der Waals surface area contributed by atoms with Gasteiger partial charge in [-0.25, -0.2) is 10.6 Å². The molecule has 0 fully saturated rings. The Labute approximate surface area is 114 Å². The van der Waals surface area contributed by atoms with Crippen molar-refractivity contribution in [3.63, 3.8) is 0 Å². The number of nitrogens with one attached hydrogen (secondary N) is 2. The van der Waals surface area contributed by atoms with Gasteiger partial charge >= 0.3 is 6.09 Å². The van der Waals surface area contributed by atoms with Crippen LogP contribution < -0.4 is 16.6 Å². The van der Waals surface area contributed by atoms with Crippen molar-refractivity contribution in [2.75, 3.05) is 6.61 Å². The molecule has 7 nitrogen and oxygen atoms in total. The minimum Gasteiger partial charge on any atom is -0.444 e. The summed E-state index contributed by atoms with van der Waals surface area (Å²) in [5.41, 5.74) is 0.912. The van der Waals surface area contributed by atoms with Crippen LogP contribution in [0.4, 0.5) is 4.79 Å². The summed E-state index contributed by atoms with van der Waals surface area (Å²) in [7, 11) is 0. The number of amides is 2. The molecule has 1 atom stereocenters. The van der Waals surface area contributed by atoms with Crippen LogP contribution in [0.15, 0.2) is 0 Å². The highest BCUT2D eigenvalue weighted by Gasteiger charge is 2.25. The SMILES string of the molecule is CC(C)(C)OC[C@@H](NC(=O)OC(C)(C)C)C(=O)NN. The minimum atomic E-state index is -0.904. The van der Waals surface area contributed by atoms with Gasteiger partial charge in [0.2, 0.25) is 0 Å². The Morgan fingerprint density at radius 3 is 2.00 bits per heavy atom. The van der Waals surface area contributed by atoms with E-state index < -0.39 is 29.2 Å². The van der Waals surface area contributed by atoms with E-state index in [1.807, 2.05) is 26.2 Å². The van der Waals surface area contributed by atoms with Gasteiger partial charge in [0.1, 0.15) is 11.6 Å². The van der Waals surface area contributed by atoms with E-state index in [-0.39, 0.29) is 6.61 Å². The van der Waals surface area contributed by atoms with Crippen LogP contribution in [0.25, 0.3) is 0 Å². The molecule has 4 N–H and O–H groups in total. The van der Waals surface area contributed by atoms with E-state index in [0.29, 0.717) is 0 Å². The first kappa shape index (κ1) is 17.7. The van der Waals surface area contributed by atoms with Crippen LogP contribution in [-0.4, -0.2) is 35.9 Å². The van der Waals surface area contributed by atoms with Crippen LogP contribution in [-0.2, 0) is 14.3 Å². The second kappa shape index (κ2) is 6.72. The number of carbonyl (C=O) groups excluding carboxylic acids is 2. The van der Waals surface area contributed by atoms with Crippen molar-refractivity contribution in [2.24, 2.45) is 5.84 Å². The van der Waals surface area contributed by atoms with Gasteiger partial charge in [0.25, 0.3) is 5.91 Å². The summed E-state index contributed by atoms with van der Waals surface area (Å²) in [5.74, 6) is 4.52. The van der Waals surface area contributed by atoms with E-state index in [9.17, 15) is 9.59 Å². The Balaban J connectivity index is 4.52. The number of hydrazine groups is 1. The lowest BCUT2D eigenvalue weighted by atomic mass is 10.2. The van der Waals surface area contributed by atoms with Gasteiger partial charge < -0.3 is 14.8 Å². The Kier molecular flexibility index (Phi) is 6.24. The summed E-state index contributed by atoms with van der Waals surface area (Å²) in [4.78, 5) is 23.1. The average Bonchev–Trinajstić information content (AvgIpc) is 2.19. The van der Waals surface area contributed by atoms with Crippen molar-refractivity contribution in [2.45, 2.75) is 58.8 Å². The molecule has 0 aromatic heterocycles. The fourth-order valence-corrected chi connectivity index (χ4v) is 1.07. The molecule has 0 aromatic rings. The molecule has 19 heavy (non-hydrogen) atoms. The number of hydrogen-bond acceptors (Lipinski definition) is 5. The molecule has 0 bridgehead atoms. The third-order valence-corrected chi connectivity index (χ3v) is 1.83. The minimum absolute atomic E-state index is 0.00573. The molecule has 0 spiro atoms. The molecule has 0 radical (unpaired) electrons. The number of carbonyl (C=O) groups is 2. The van der Waals surface area contributed by atoms with E-state index in [1.165, 1.54) is 0 Å². The standard InChI is InChI=1S/C12H25N3O4/c1-11(2,3)18-7-8(9(16)15-13)14-10(17)19-12(4,5)6/h8H,7,13H2,1-6H3,(H,14,17)(H,15,16)/t8-/m1/s1. The molecule has 0 saturated heterocycles. The molecular weight excluding hydrogens is 250 g/mol. The molecule has 0 aliphatic carbocycles. The predicted molar refractivity (Wildman–Crippen MR) is 71.2 cm³/mol.